The first kappa shape index (κ1) is 11.0. The van der Waals surface area contributed by atoms with Gasteiger partial charge in [-0.3, -0.25) is 0 Å². The van der Waals surface area contributed by atoms with Gasteiger partial charge in [-0.2, -0.15) is 5.26 Å². The molecule has 0 saturated heterocycles. The molecule has 0 radical (unpaired) electrons. The van der Waals surface area contributed by atoms with Crippen molar-refractivity contribution in [3.63, 3.8) is 0 Å². The molecule has 3 heteroatoms. The van der Waals surface area contributed by atoms with E-state index in [4.69, 9.17) is 5.26 Å². The van der Waals surface area contributed by atoms with Crippen molar-refractivity contribution in [2.24, 2.45) is 5.92 Å². The summed E-state index contributed by atoms with van der Waals surface area (Å²) in [5, 5.41) is 9.48. The lowest BCUT2D eigenvalue weighted by molar-refractivity contribution is 0.714. The Morgan fingerprint density at radius 1 is 1.27 bits per heavy atom. The monoisotopic (exact) mass is 281 g/mol. The van der Waals surface area contributed by atoms with Crippen molar-refractivity contribution in [1.82, 2.24) is 0 Å². The first-order chi connectivity index (χ1) is 7.29. The molecule has 0 N–H and O–H groups in total. The number of thioether (sulfide) groups is 1. The molecule has 1 aromatic rings. The predicted octanol–water partition coefficient (Wildman–Crippen LogP) is 4.23. The third-order valence-corrected chi connectivity index (χ3v) is 4.66. The molecule has 0 spiro atoms. The Labute approximate surface area is 103 Å². The van der Waals surface area contributed by atoms with Crippen molar-refractivity contribution >= 4 is 27.7 Å². The molecular formula is C12H12BrNS. The topological polar surface area (TPSA) is 23.8 Å². The Morgan fingerprint density at radius 3 is 2.67 bits per heavy atom. The van der Waals surface area contributed by atoms with Crippen LogP contribution in [0.3, 0.4) is 0 Å². The molecule has 0 heterocycles. The van der Waals surface area contributed by atoms with Crippen molar-refractivity contribution in [2.75, 3.05) is 0 Å². The summed E-state index contributed by atoms with van der Waals surface area (Å²) in [6.45, 7) is 0. The number of hydrogen-bond donors (Lipinski definition) is 0. The van der Waals surface area contributed by atoms with E-state index in [1.807, 2.05) is 11.8 Å². The highest BCUT2D eigenvalue weighted by Gasteiger charge is 2.27. The van der Waals surface area contributed by atoms with Gasteiger partial charge in [-0.1, -0.05) is 22.4 Å². The third-order valence-electron chi connectivity index (χ3n) is 2.72. The second-order valence-electron chi connectivity index (χ2n) is 3.78. The fraction of sp³-hybridized carbons (Fsp3) is 0.417. The first-order valence-corrected chi connectivity index (χ1v) is 6.78. The molecular weight excluding hydrogens is 270 g/mol. The molecule has 1 aliphatic carbocycles. The van der Waals surface area contributed by atoms with Crippen LogP contribution in [-0.4, -0.2) is 5.25 Å². The van der Waals surface area contributed by atoms with Crippen molar-refractivity contribution in [3.8, 4) is 6.07 Å². The van der Waals surface area contributed by atoms with Crippen molar-refractivity contribution in [3.05, 3.63) is 28.7 Å². The van der Waals surface area contributed by atoms with E-state index < -0.39 is 0 Å². The molecule has 1 aromatic carbocycles. The van der Waals surface area contributed by atoms with Gasteiger partial charge in [0.15, 0.2) is 0 Å². The van der Waals surface area contributed by atoms with Gasteiger partial charge in [-0.15, -0.1) is 11.8 Å². The normalized spacial score (nSPS) is 25.1. The van der Waals surface area contributed by atoms with E-state index in [-0.39, 0.29) is 5.92 Å². The number of halogens is 1. The number of benzene rings is 1. The van der Waals surface area contributed by atoms with Gasteiger partial charge in [0, 0.05) is 14.6 Å². The van der Waals surface area contributed by atoms with Crippen LogP contribution in [0.2, 0.25) is 0 Å². The maximum Gasteiger partial charge on any atom is 0.0667 e. The average Bonchev–Trinajstić information content (AvgIpc) is 2.69. The Bertz CT molecular complexity index is 368. The standard InChI is InChI=1S/C12H12BrNS/c13-10-4-6-11(7-5-10)15-12-3-1-2-9(12)8-14/h4-7,9,12H,1-3H2. The molecule has 1 fully saturated rings. The number of hydrogen-bond acceptors (Lipinski definition) is 2. The Balaban J connectivity index is 2.03. The Kier molecular flexibility index (Phi) is 3.71. The second-order valence-corrected chi connectivity index (χ2v) is 6.01. The largest absolute Gasteiger partial charge is 0.198 e. The zero-order valence-electron chi connectivity index (χ0n) is 8.32. The molecule has 1 nitrogen and oxygen atoms in total. The second kappa shape index (κ2) is 5.05. The van der Waals surface area contributed by atoms with Crippen LogP contribution in [0.4, 0.5) is 0 Å². The zero-order valence-corrected chi connectivity index (χ0v) is 10.7. The summed E-state index contributed by atoms with van der Waals surface area (Å²) in [5.41, 5.74) is 0. The van der Waals surface area contributed by atoms with E-state index in [9.17, 15) is 0 Å². The summed E-state index contributed by atoms with van der Waals surface area (Å²) in [6, 6.07) is 10.7. The SMILES string of the molecule is N#CC1CCCC1Sc1ccc(Br)cc1. The minimum atomic E-state index is 0.249. The van der Waals surface area contributed by atoms with E-state index in [0.717, 1.165) is 10.9 Å². The summed E-state index contributed by atoms with van der Waals surface area (Å²) in [4.78, 5) is 1.27. The van der Waals surface area contributed by atoms with Crippen LogP contribution in [0.5, 0.6) is 0 Å². The maximum atomic E-state index is 8.99. The van der Waals surface area contributed by atoms with Gasteiger partial charge in [0.25, 0.3) is 0 Å². The number of rotatable bonds is 2. The first-order valence-electron chi connectivity index (χ1n) is 5.11. The number of nitriles is 1. The molecule has 0 aliphatic heterocycles. The van der Waals surface area contributed by atoms with Crippen LogP contribution in [0, 0.1) is 17.2 Å². The minimum Gasteiger partial charge on any atom is -0.198 e. The van der Waals surface area contributed by atoms with Gasteiger partial charge < -0.3 is 0 Å². The minimum absolute atomic E-state index is 0.249. The van der Waals surface area contributed by atoms with Crippen LogP contribution in [0.15, 0.2) is 33.6 Å². The van der Waals surface area contributed by atoms with Crippen LogP contribution in [-0.2, 0) is 0 Å². The highest BCUT2D eigenvalue weighted by atomic mass is 79.9. The van der Waals surface area contributed by atoms with Crippen LogP contribution in [0.1, 0.15) is 19.3 Å². The summed E-state index contributed by atoms with van der Waals surface area (Å²) in [7, 11) is 0. The van der Waals surface area contributed by atoms with Crippen LogP contribution >= 0.6 is 27.7 Å². The molecule has 2 rings (SSSR count). The molecule has 15 heavy (non-hydrogen) atoms. The Hall–Kier alpha value is -0.460. The van der Waals surface area contributed by atoms with E-state index in [2.05, 4.69) is 46.3 Å². The van der Waals surface area contributed by atoms with Gasteiger partial charge in [-0.05, 0) is 37.1 Å². The predicted molar refractivity (Wildman–Crippen MR) is 66.7 cm³/mol. The molecule has 1 aliphatic rings. The molecule has 0 aromatic heterocycles. The lowest BCUT2D eigenvalue weighted by Gasteiger charge is -2.12. The van der Waals surface area contributed by atoms with Crippen molar-refractivity contribution < 1.29 is 0 Å². The molecule has 78 valence electrons. The Morgan fingerprint density at radius 2 is 2.00 bits per heavy atom. The maximum absolute atomic E-state index is 8.99. The molecule has 0 amide bonds. The molecule has 0 bridgehead atoms. The van der Waals surface area contributed by atoms with Gasteiger partial charge >= 0.3 is 0 Å². The van der Waals surface area contributed by atoms with Crippen LogP contribution < -0.4 is 0 Å². The zero-order chi connectivity index (χ0) is 10.7. The third kappa shape index (κ3) is 2.76. The van der Waals surface area contributed by atoms with Gasteiger partial charge in [0.1, 0.15) is 0 Å². The fourth-order valence-corrected chi connectivity index (χ4v) is 3.46. The quantitative estimate of drug-likeness (QED) is 0.810. The van der Waals surface area contributed by atoms with Gasteiger partial charge in [0.2, 0.25) is 0 Å². The highest BCUT2D eigenvalue weighted by molar-refractivity contribution is 9.10. The van der Waals surface area contributed by atoms with E-state index >= 15 is 0 Å². The van der Waals surface area contributed by atoms with E-state index in [0.29, 0.717) is 5.25 Å². The summed E-state index contributed by atoms with van der Waals surface area (Å²) < 4.78 is 1.11. The van der Waals surface area contributed by atoms with Gasteiger partial charge in [0.05, 0.1) is 12.0 Å². The molecule has 1 saturated carbocycles. The lowest BCUT2D eigenvalue weighted by atomic mass is 10.1. The fourth-order valence-electron chi connectivity index (χ4n) is 1.90. The van der Waals surface area contributed by atoms with E-state index in [1.165, 1.54) is 17.7 Å². The number of nitrogens with zero attached hydrogens (tertiary/aromatic N) is 1. The van der Waals surface area contributed by atoms with Crippen LogP contribution in [0.25, 0.3) is 0 Å². The molecule has 2 unspecified atom stereocenters. The van der Waals surface area contributed by atoms with Crippen molar-refractivity contribution in [1.29, 1.82) is 5.26 Å². The average molecular weight is 282 g/mol. The smallest absolute Gasteiger partial charge is 0.0667 e. The summed E-state index contributed by atoms with van der Waals surface area (Å²) in [6.07, 6.45) is 3.45. The van der Waals surface area contributed by atoms with E-state index in [1.54, 1.807) is 0 Å². The summed E-state index contributed by atoms with van der Waals surface area (Å²) >= 11 is 5.27. The van der Waals surface area contributed by atoms with Gasteiger partial charge in [-0.25, -0.2) is 0 Å². The summed E-state index contributed by atoms with van der Waals surface area (Å²) in [5.74, 6) is 0.249. The highest BCUT2D eigenvalue weighted by Crippen LogP contribution is 2.38. The molecule has 2 atom stereocenters. The lowest BCUT2D eigenvalue weighted by Crippen LogP contribution is -2.06. The van der Waals surface area contributed by atoms with Crippen molar-refractivity contribution in [2.45, 2.75) is 29.4 Å².